The molecule has 95 heavy (non-hydrogen) atoms. The minimum atomic E-state index is -1.97. The van der Waals surface area contributed by atoms with Crippen molar-refractivity contribution in [1.29, 1.82) is 0 Å². The van der Waals surface area contributed by atoms with Crippen LogP contribution in [0.3, 0.4) is 0 Å². The van der Waals surface area contributed by atoms with Crippen molar-refractivity contribution in [3.63, 3.8) is 0 Å². The van der Waals surface area contributed by atoms with Crippen LogP contribution in [0.4, 0.5) is 0 Å². The summed E-state index contributed by atoms with van der Waals surface area (Å²) in [6, 6.07) is -0.885. The Balaban J connectivity index is 1.24. The maximum Gasteiger partial charge on any atom is 0.220 e. The maximum atomic E-state index is 13.4. The first kappa shape index (κ1) is 86.5. The second kappa shape index (κ2) is 56.9. The van der Waals surface area contributed by atoms with Gasteiger partial charge in [0, 0.05) is 6.42 Å². The van der Waals surface area contributed by atoms with Crippen LogP contribution < -0.4 is 5.32 Å². The first-order valence-electron chi connectivity index (χ1n) is 37.7. The van der Waals surface area contributed by atoms with Crippen molar-refractivity contribution in [1.82, 2.24) is 5.32 Å². The molecule has 0 bridgehead atoms. The van der Waals surface area contributed by atoms with Gasteiger partial charge in [0.15, 0.2) is 18.9 Å². The number of amides is 1. The molecule has 3 saturated heterocycles. The highest BCUT2D eigenvalue weighted by Crippen LogP contribution is 2.33. The zero-order chi connectivity index (χ0) is 68.9. The fourth-order valence-electron chi connectivity index (χ4n) is 12.5. The number of aliphatic hydroxyl groups excluding tert-OH is 11. The zero-order valence-electron chi connectivity index (χ0n) is 58.6. The molecule has 0 saturated carbocycles. The van der Waals surface area contributed by atoms with E-state index in [1.54, 1.807) is 0 Å². The molecule has 0 radical (unpaired) electrons. The molecule has 17 atom stereocenters. The van der Waals surface area contributed by atoms with E-state index in [4.69, 9.17) is 28.4 Å². The maximum absolute atomic E-state index is 13.4. The molecule has 0 aromatic heterocycles. The lowest BCUT2D eigenvalue weighted by molar-refractivity contribution is -0.379. The van der Waals surface area contributed by atoms with Crippen molar-refractivity contribution >= 4 is 5.91 Å². The fraction of sp³-hybridized carbons (Fsp3) is 0.829. The van der Waals surface area contributed by atoms with E-state index in [2.05, 4.69) is 92.1 Å². The summed E-state index contributed by atoms with van der Waals surface area (Å²) in [4.78, 5) is 13.4. The minimum absolute atomic E-state index is 0.243. The summed E-state index contributed by atoms with van der Waals surface area (Å²) in [7, 11) is 0. The van der Waals surface area contributed by atoms with E-state index in [1.807, 2.05) is 0 Å². The predicted octanol–water partition coefficient (Wildman–Crippen LogP) is 11.3. The Bertz CT molecular complexity index is 2000. The smallest absolute Gasteiger partial charge is 0.220 e. The number of unbranched alkanes of at least 4 members (excludes halogenated alkanes) is 30. The molecule has 3 fully saturated rings. The number of ether oxygens (including phenoxy) is 6. The second-order valence-electron chi connectivity index (χ2n) is 26.7. The van der Waals surface area contributed by atoms with Gasteiger partial charge < -0.3 is 89.9 Å². The van der Waals surface area contributed by atoms with E-state index < -0.39 is 124 Å². The molecule has 3 aliphatic rings. The zero-order valence-corrected chi connectivity index (χ0v) is 58.6. The number of aliphatic hydroxyl groups is 11. The van der Waals surface area contributed by atoms with E-state index in [9.17, 15) is 61.0 Å². The van der Waals surface area contributed by atoms with Crippen LogP contribution in [-0.4, -0.2) is 193 Å². The Morgan fingerprint density at radius 1 is 0.389 bits per heavy atom. The average molecular weight is 1350 g/mol. The third-order valence-electron chi connectivity index (χ3n) is 18.5. The number of allylic oxidation sites excluding steroid dienone is 12. The largest absolute Gasteiger partial charge is 0.394 e. The monoisotopic (exact) mass is 1350 g/mol. The Labute approximate surface area is 572 Å². The fourth-order valence-corrected chi connectivity index (χ4v) is 12.5. The van der Waals surface area contributed by atoms with E-state index in [0.717, 1.165) is 83.5 Å². The highest BCUT2D eigenvalue weighted by molar-refractivity contribution is 5.76. The van der Waals surface area contributed by atoms with Crippen LogP contribution in [0.5, 0.6) is 0 Å². The summed E-state index contributed by atoms with van der Waals surface area (Å²) in [6.07, 6.45) is 46.2. The van der Waals surface area contributed by atoms with Gasteiger partial charge in [-0.25, -0.2) is 0 Å². The van der Waals surface area contributed by atoms with E-state index in [0.29, 0.717) is 12.8 Å². The van der Waals surface area contributed by atoms with Crippen molar-refractivity contribution in [2.45, 2.75) is 375 Å². The molecule has 0 aliphatic carbocycles. The molecule has 0 aromatic rings. The molecule has 0 aromatic carbocycles. The molecule has 552 valence electrons. The molecule has 1 amide bonds. The second-order valence-corrected chi connectivity index (χ2v) is 26.7. The van der Waals surface area contributed by atoms with Gasteiger partial charge in [-0.1, -0.05) is 273 Å². The van der Waals surface area contributed by atoms with Crippen molar-refractivity contribution in [2.75, 3.05) is 26.4 Å². The van der Waals surface area contributed by atoms with Crippen LogP contribution in [0.15, 0.2) is 72.9 Å². The minimum Gasteiger partial charge on any atom is -0.394 e. The molecular weight excluding hydrogens is 1210 g/mol. The third-order valence-corrected chi connectivity index (χ3v) is 18.5. The molecule has 3 rings (SSSR count). The number of rotatable bonds is 58. The summed E-state index contributed by atoms with van der Waals surface area (Å²) in [5, 5.41) is 120. The van der Waals surface area contributed by atoms with Gasteiger partial charge >= 0.3 is 0 Å². The molecule has 0 spiro atoms. The van der Waals surface area contributed by atoms with Gasteiger partial charge in [-0.2, -0.15) is 0 Å². The Hall–Kier alpha value is -2.77. The number of carbonyl (C=O) groups is 1. The molecule has 19 nitrogen and oxygen atoms in total. The Kier molecular flexibility index (Phi) is 51.8. The predicted molar refractivity (Wildman–Crippen MR) is 374 cm³/mol. The lowest BCUT2D eigenvalue weighted by atomic mass is 9.96. The van der Waals surface area contributed by atoms with Crippen LogP contribution in [0.2, 0.25) is 0 Å². The van der Waals surface area contributed by atoms with Crippen LogP contribution in [-0.2, 0) is 33.2 Å². The molecule has 3 heterocycles. The van der Waals surface area contributed by atoms with E-state index in [1.165, 1.54) is 154 Å². The van der Waals surface area contributed by atoms with E-state index in [-0.39, 0.29) is 18.9 Å². The molecule has 12 N–H and O–H groups in total. The van der Waals surface area contributed by atoms with Crippen LogP contribution in [0.1, 0.15) is 271 Å². The van der Waals surface area contributed by atoms with Crippen molar-refractivity contribution in [2.24, 2.45) is 0 Å². The van der Waals surface area contributed by atoms with E-state index >= 15 is 0 Å². The van der Waals surface area contributed by atoms with Gasteiger partial charge in [0.05, 0.1) is 38.6 Å². The summed E-state index contributed by atoms with van der Waals surface area (Å²) in [6.45, 7) is 1.65. The quantitative estimate of drug-likeness (QED) is 0.0199. The highest BCUT2D eigenvalue weighted by Gasteiger charge is 2.53. The number of nitrogens with one attached hydrogen (secondary N) is 1. The topological polar surface area (TPSA) is 307 Å². The summed E-state index contributed by atoms with van der Waals surface area (Å²) >= 11 is 0. The highest BCUT2D eigenvalue weighted by atomic mass is 16.8. The third kappa shape index (κ3) is 38.0. The Morgan fingerprint density at radius 3 is 1.14 bits per heavy atom. The van der Waals surface area contributed by atoms with Crippen molar-refractivity contribution < 1.29 is 89.4 Å². The molecular formula is C76H135NO18. The lowest BCUT2D eigenvalue weighted by Gasteiger charge is -2.48. The van der Waals surface area contributed by atoms with Crippen LogP contribution >= 0.6 is 0 Å². The summed E-state index contributed by atoms with van der Waals surface area (Å²) in [5.41, 5.74) is 0. The first-order chi connectivity index (χ1) is 46.3. The normalized spacial score (nSPS) is 27.6. The van der Waals surface area contributed by atoms with Gasteiger partial charge in [0.25, 0.3) is 0 Å². The lowest BCUT2D eigenvalue weighted by Crippen LogP contribution is -2.66. The SMILES string of the molecule is CC/C=C\C/C=C\C/C=C\C/C=C\C/C=C\C/C=C\CCCCCCCCCCCCCCCCCCCCCCCCC(=O)NC(COC1OC(CO)C(OC2OC(CO)C(OC3OC(CO)C(O)C(O)C3O)C(O)C2O)C(O)C1O)C(O)CCCCCCCCCCC. The van der Waals surface area contributed by atoms with Crippen molar-refractivity contribution in [3.8, 4) is 0 Å². The van der Waals surface area contributed by atoms with Gasteiger partial charge in [-0.05, 0) is 64.2 Å². The molecule has 3 aliphatic heterocycles. The number of hydrogen-bond donors (Lipinski definition) is 12. The molecule has 17 unspecified atom stereocenters. The van der Waals surface area contributed by atoms with Gasteiger partial charge in [-0.3, -0.25) is 4.79 Å². The number of hydrogen-bond acceptors (Lipinski definition) is 18. The number of carbonyl (C=O) groups excluding carboxylic acids is 1. The van der Waals surface area contributed by atoms with Gasteiger partial charge in [-0.15, -0.1) is 0 Å². The van der Waals surface area contributed by atoms with Gasteiger partial charge in [0.1, 0.15) is 73.2 Å². The standard InChI is InChI=1S/C76H135NO18/c1-3-5-7-9-11-13-14-15-16-17-18-19-20-21-22-23-24-25-26-27-28-29-30-31-32-33-34-35-36-37-38-39-40-41-42-43-44-46-48-50-52-54-64(82)77-59(60(81)53-51-49-47-45-12-10-8-6-4-2)58-90-74-70(88)67(85)72(62(56-79)92-74)95-76-71(89)68(86)73(63(57-80)93-76)94-75-69(87)66(84)65(83)61(55-78)91-75/h5,7,11,13,15-16,18-19,21-22,24-25,59-63,65-76,78-81,83-89H,3-4,6,8-10,12,14,17,20,23,26-58H2,1-2H3,(H,77,82)/b7-5-,13-11-,16-15-,19-18-,22-21-,25-24-. The Morgan fingerprint density at radius 2 is 0.726 bits per heavy atom. The summed E-state index contributed by atoms with van der Waals surface area (Å²) < 4.78 is 34.3. The first-order valence-corrected chi connectivity index (χ1v) is 37.7. The molecule has 19 heteroatoms. The van der Waals surface area contributed by atoms with Crippen LogP contribution in [0.25, 0.3) is 0 Å². The average Bonchev–Trinajstić information content (AvgIpc) is 0.797. The summed E-state index contributed by atoms with van der Waals surface area (Å²) in [5.74, 6) is -0.243. The van der Waals surface area contributed by atoms with Gasteiger partial charge in [0.2, 0.25) is 5.91 Å². The van der Waals surface area contributed by atoms with Crippen molar-refractivity contribution in [3.05, 3.63) is 72.9 Å². The van der Waals surface area contributed by atoms with Crippen LogP contribution in [0, 0.1) is 0 Å².